The maximum atomic E-state index is 12.5. The van der Waals surface area contributed by atoms with Crippen LogP contribution in [0.2, 0.25) is 0 Å². The highest BCUT2D eigenvalue weighted by atomic mass is 19.4. The minimum atomic E-state index is -4.38. The van der Waals surface area contributed by atoms with Gasteiger partial charge in [-0.3, -0.25) is 4.79 Å². The van der Waals surface area contributed by atoms with E-state index in [0.29, 0.717) is 18.0 Å². The second kappa shape index (κ2) is 7.00. The number of nitrogens with zero attached hydrogens (tertiary/aromatic N) is 4. The highest BCUT2D eigenvalue weighted by Gasteiger charge is 2.30. The van der Waals surface area contributed by atoms with E-state index in [9.17, 15) is 18.0 Å². The van der Waals surface area contributed by atoms with E-state index in [4.69, 9.17) is 4.42 Å². The van der Waals surface area contributed by atoms with E-state index in [0.717, 1.165) is 12.1 Å². The van der Waals surface area contributed by atoms with Gasteiger partial charge in [0, 0.05) is 13.6 Å². The molecular formula is C15H17F3N4O2. The highest BCUT2D eigenvalue weighted by Crippen LogP contribution is 2.29. The summed E-state index contributed by atoms with van der Waals surface area (Å²) < 4.78 is 42.9. The minimum absolute atomic E-state index is 0.127. The summed E-state index contributed by atoms with van der Waals surface area (Å²) in [4.78, 5) is 15.3. The van der Waals surface area contributed by atoms with Crippen LogP contribution in [0.15, 0.2) is 28.7 Å². The third-order valence-corrected chi connectivity index (χ3v) is 3.15. The van der Waals surface area contributed by atoms with Crippen molar-refractivity contribution in [1.29, 1.82) is 0 Å². The SMILES string of the molecule is CN(C)Cc1nnc(C(=O)N(C)Cc2ccc(C(F)(F)F)cc2)o1. The molecule has 0 aliphatic rings. The molecule has 0 aliphatic carbocycles. The van der Waals surface area contributed by atoms with Crippen molar-refractivity contribution in [1.82, 2.24) is 20.0 Å². The Morgan fingerprint density at radius 2 is 1.71 bits per heavy atom. The normalized spacial score (nSPS) is 11.8. The van der Waals surface area contributed by atoms with Crippen LogP contribution in [0.3, 0.4) is 0 Å². The van der Waals surface area contributed by atoms with E-state index in [1.165, 1.54) is 24.1 Å². The van der Waals surface area contributed by atoms with Crippen molar-refractivity contribution >= 4 is 5.91 Å². The number of halogens is 3. The average molecular weight is 342 g/mol. The molecule has 0 unspecified atom stereocenters. The van der Waals surface area contributed by atoms with Crippen molar-refractivity contribution in [3.8, 4) is 0 Å². The maximum absolute atomic E-state index is 12.5. The number of aromatic nitrogens is 2. The molecule has 0 fully saturated rings. The quantitative estimate of drug-likeness (QED) is 0.835. The summed E-state index contributed by atoms with van der Waals surface area (Å²) in [6, 6.07) is 4.63. The predicted molar refractivity (Wildman–Crippen MR) is 78.9 cm³/mol. The molecule has 6 nitrogen and oxygen atoms in total. The molecule has 0 N–H and O–H groups in total. The number of rotatable bonds is 5. The summed E-state index contributed by atoms with van der Waals surface area (Å²) in [6.45, 7) is 0.533. The Labute approximate surface area is 136 Å². The van der Waals surface area contributed by atoms with Crippen molar-refractivity contribution in [2.75, 3.05) is 21.1 Å². The van der Waals surface area contributed by atoms with E-state index >= 15 is 0 Å². The lowest BCUT2D eigenvalue weighted by Gasteiger charge is -2.15. The van der Waals surface area contributed by atoms with Gasteiger partial charge in [-0.25, -0.2) is 0 Å². The van der Waals surface area contributed by atoms with Gasteiger partial charge in [0.1, 0.15) is 0 Å². The van der Waals surface area contributed by atoms with Crippen LogP contribution in [0, 0.1) is 0 Å². The highest BCUT2D eigenvalue weighted by molar-refractivity contribution is 5.89. The minimum Gasteiger partial charge on any atom is -0.415 e. The molecule has 2 rings (SSSR count). The van der Waals surface area contributed by atoms with Crippen LogP contribution < -0.4 is 0 Å². The van der Waals surface area contributed by atoms with Gasteiger partial charge >= 0.3 is 18.0 Å². The first-order valence-corrected chi connectivity index (χ1v) is 7.05. The van der Waals surface area contributed by atoms with Crippen LogP contribution in [0.1, 0.15) is 27.7 Å². The number of carbonyl (C=O) groups is 1. The number of carbonyl (C=O) groups excluding carboxylic acids is 1. The number of hydrogen-bond acceptors (Lipinski definition) is 5. The largest absolute Gasteiger partial charge is 0.416 e. The van der Waals surface area contributed by atoms with Crippen LogP contribution in [0.4, 0.5) is 13.2 Å². The van der Waals surface area contributed by atoms with Gasteiger partial charge in [0.05, 0.1) is 12.1 Å². The lowest BCUT2D eigenvalue weighted by atomic mass is 10.1. The molecular weight excluding hydrogens is 325 g/mol. The number of benzene rings is 1. The molecule has 1 amide bonds. The second-order valence-corrected chi connectivity index (χ2v) is 5.59. The van der Waals surface area contributed by atoms with E-state index in [1.807, 2.05) is 19.0 Å². The summed E-state index contributed by atoms with van der Waals surface area (Å²) >= 11 is 0. The van der Waals surface area contributed by atoms with Crippen LogP contribution in [-0.4, -0.2) is 47.0 Å². The number of amides is 1. The zero-order valence-corrected chi connectivity index (χ0v) is 13.5. The Morgan fingerprint density at radius 3 is 2.25 bits per heavy atom. The summed E-state index contributed by atoms with van der Waals surface area (Å²) in [5.74, 6) is -0.333. The van der Waals surface area contributed by atoms with E-state index in [1.54, 1.807) is 0 Å². The van der Waals surface area contributed by atoms with Gasteiger partial charge in [0.25, 0.3) is 0 Å². The van der Waals surface area contributed by atoms with Crippen LogP contribution in [0.5, 0.6) is 0 Å². The van der Waals surface area contributed by atoms with Gasteiger partial charge in [-0.1, -0.05) is 12.1 Å². The molecule has 0 aliphatic heterocycles. The smallest absolute Gasteiger partial charge is 0.415 e. The van der Waals surface area contributed by atoms with Gasteiger partial charge in [-0.15, -0.1) is 10.2 Å². The van der Waals surface area contributed by atoms with Crippen LogP contribution in [0.25, 0.3) is 0 Å². The molecule has 130 valence electrons. The number of alkyl halides is 3. The van der Waals surface area contributed by atoms with E-state index in [-0.39, 0.29) is 12.4 Å². The predicted octanol–water partition coefficient (Wildman–Crippen LogP) is 2.42. The Hall–Kier alpha value is -2.42. The van der Waals surface area contributed by atoms with Crippen molar-refractivity contribution in [2.45, 2.75) is 19.3 Å². The lowest BCUT2D eigenvalue weighted by molar-refractivity contribution is -0.137. The molecule has 24 heavy (non-hydrogen) atoms. The van der Waals surface area contributed by atoms with Crippen LogP contribution in [-0.2, 0) is 19.3 Å². The molecule has 0 atom stereocenters. The third-order valence-electron chi connectivity index (χ3n) is 3.15. The first kappa shape index (κ1) is 17.9. The monoisotopic (exact) mass is 342 g/mol. The second-order valence-electron chi connectivity index (χ2n) is 5.59. The molecule has 0 saturated carbocycles. The average Bonchev–Trinajstić information content (AvgIpc) is 2.93. The Kier molecular flexibility index (Phi) is 5.23. The third kappa shape index (κ3) is 4.54. The van der Waals surface area contributed by atoms with Gasteiger partial charge in [-0.05, 0) is 31.8 Å². The topological polar surface area (TPSA) is 62.5 Å². The van der Waals surface area contributed by atoms with Crippen molar-refractivity contribution in [3.05, 3.63) is 47.2 Å². The van der Waals surface area contributed by atoms with E-state index < -0.39 is 17.6 Å². The molecule has 0 radical (unpaired) electrons. The maximum Gasteiger partial charge on any atom is 0.416 e. The summed E-state index contributed by atoms with van der Waals surface area (Å²) in [5.41, 5.74) is -0.169. The van der Waals surface area contributed by atoms with E-state index in [2.05, 4.69) is 10.2 Å². The molecule has 1 heterocycles. The summed E-state index contributed by atoms with van der Waals surface area (Å²) in [6.07, 6.45) is -4.38. The van der Waals surface area contributed by atoms with Gasteiger partial charge in [-0.2, -0.15) is 13.2 Å². The molecule has 0 bridgehead atoms. The molecule has 0 spiro atoms. The Morgan fingerprint density at radius 1 is 1.08 bits per heavy atom. The standard InChI is InChI=1S/C15H17F3N4O2/c1-21(2)9-12-19-20-13(24-12)14(23)22(3)8-10-4-6-11(7-5-10)15(16,17)18/h4-7H,8-9H2,1-3H3. The summed E-state index contributed by atoms with van der Waals surface area (Å²) in [5, 5.41) is 7.47. The van der Waals surface area contributed by atoms with Gasteiger partial charge in [0.15, 0.2) is 0 Å². The zero-order valence-electron chi connectivity index (χ0n) is 13.5. The Balaban J connectivity index is 2.02. The fraction of sp³-hybridized carbons (Fsp3) is 0.400. The molecule has 2 aromatic rings. The van der Waals surface area contributed by atoms with Crippen LogP contribution >= 0.6 is 0 Å². The summed E-state index contributed by atoms with van der Waals surface area (Å²) in [7, 11) is 5.15. The molecule has 9 heteroatoms. The lowest BCUT2D eigenvalue weighted by Crippen LogP contribution is -2.26. The van der Waals surface area contributed by atoms with Crippen molar-refractivity contribution < 1.29 is 22.4 Å². The fourth-order valence-corrected chi connectivity index (χ4v) is 1.98. The first-order chi connectivity index (χ1) is 11.2. The van der Waals surface area contributed by atoms with Crippen molar-refractivity contribution in [3.63, 3.8) is 0 Å². The first-order valence-electron chi connectivity index (χ1n) is 7.05. The zero-order chi connectivity index (χ0) is 17.9. The molecule has 1 aromatic carbocycles. The fourth-order valence-electron chi connectivity index (χ4n) is 1.98. The van der Waals surface area contributed by atoms with Crippen molar-refractivity contribution in [2.24, 2.45) is 0 Å². The van der Waals surface area contributed by atoms with Gasteiger partial charge in [0.2, 0.25) is 5.89 Å². The van der Waals surface area contributed by atoms with Gasteiger partial charge < -0.3 is 14.2 Å². The Bertz CT molecular complexity index is 695. The number of hydrogen-bond donors (Lipinski definition) is 0. The molecule has 0 saturated heterocycles. The molecule has 1 aromatic heterocycles.